The van der Waals surface area contributed by atoms with Crippen LogP contribution in [0.15, 0.2) is 36.4 Å². The highest BCUT2D eigenvalue weighted by Crippen LogP contribution is 2.30. The average Bonchev–Trinajstić information content (AvgIpc) is 2.37. The van der Waals surface area contributed by atoms with E-state index in [4.69, 9.17) is 23.2 Å². The zero-order valence-corrected chi connectivity index (χ0v) is 11.2. The fourth-order valence-corrected chi connectivity index (χ4v) is 2.26. The molecule has 2 aromatic rings. The summed E-state index contributed by atoms with van der Waals surface area (Å²) in [6.07, 6.45) is 0.0954. The van der Waals surface area contributed by atoms with E-state index in [1.165, 1.54) is 18.2 Å². The molecular formula is C14H9Cl2F3. The van der Waals surface area contributed by atoms with Gasteiger partial charge in [0.25, 0.3) is 0 Å². The van der Waals surface area contributed by atoms with Gasteiger partial charge in [0.15, 0.2) is 11.6 Å². The van der Waals surface area contributed by atoms with Crippen LogP contribution in [0.1, 0.15) is 16.5 Å². The van der Waals surface area contributed by atoms with Crippen molar-refractivity contribution >= 4 is 23.2 Å². The van der Waals surface area contributed by atoms with Crippen LogP contribution in [0.4, 0.5) is 13.2 Å². The molecular weight excluding hydrogens is 296 g/mol. The van der Waals surface area contributed by atoms with Crippen molar-refractivity contribution in [2.75, 3.05) is 0 Å². The molecule has 1 atom stereocenters. The fraction of sp³-hybridized carbons (Fsp3) is 0.143. The van der Waals surface area contributed by atoms with Crippen LogP contribution in [0.5, 0.6) is 0 Å². The lowest BCUT2D eigenvalue weighted by Crippen LogP contribution is -2.00. The first-order chi connectivity index (χ1) is 8.99. The summed E-state index contributed by atoms with van der Waals surface area (Å²) in [5.41, 5.74) is 0.633. The number of halogens is 5. The highest BCUT2D eigenvalue weighted by atomic mass is 35.5. The van der Waals surface area contributed by atoms with Crippen molar-refractivity contribution in [3.63, 3.8) is 0 Å². The van der Waals surface area contributed by atoms with E-state index >= 15 is 0 Å². The van der Waals surface area contributed by atoms with Crippen molar-refractivity contribution in [2.24, 2.45) is 0 Å². The molecule has 0 aliphatic carbocycles. The highest BCUT2D eigenvalue weighted by Gasteiger charge is 2.16. The van der Waals surface area contributed by atoms with Crippen LogP contribution in [-0.4, -0.2) is 0 Å². The second kappa shape index (κ2) is 5.85. The normalized spacial score (nSPS) is 12.5. The Morgan fingerprint density at radius 2 is 1.68 bits per heavy atom. The molecule has 0 aliphatic heterocycles. The summed E-state index contributed by atoms with van der Waals surface area (Å²) in [5.74, 6) is -2.40. The Labute approximate surface area is 118 Å². The summed E-state index contributed by atoms with van der Waals surface area (Å²) in [7, 11) is 0. The van der Waals surface area contributed by atoms with E-state index in [0.29, 0.717) is 5.56 Å². The quantitative estimate of drug-likeness (QED) is 0.677. The summed E-state index contributed by atoms with van der Waals surface area (Å²) in [6.45, 7) is 0. The summed E-state index contributed by atoms with van der Waals surface area (Å²) in [6, 6.07) is 7.67. The molecule has 2 aromatic carbocycles. The van der Waals surface area contributed by atoms with Crippen LogP contribution < -0.4 is 0 Å². The summed E-state index contributed by atoms with van der Waals surface area (Å²) in [4.78, 5) is 0. The third-order valence-electron chi connectivity index (χ3n) is 2.75. The molecule has 0 aliphatic rings. The molecule has 0 aromatic heterocycles. The van der Waals surface area contributed by atoms with Gasteiger partial charge in [-0.1, -0.05) is 23.7 Å². The van der Waals surface area contributed by atoms with Gasteiger partial charge in [0.05, 0.1) is 5.38 Å². The van der Waals surface area contributed by atoms with Crippen molar-refractivity contribution in [3.8, 4) is 0 Å². The van der Waals surface area contributed by atoms with Crippen molar-refractivity contribution in [1.29, 1.82) is 0 Å². The minimum Gasteiger partial charge on any atom is -0.207 e. The van der Waals surface area contributed by atoms with Crippen LogP contribution in [-0.2, 0) is 6.42 Å². The molecule has 0 saturated carbocycles. The van der Waals surface area contributed by atoms with Gasteiger partial charge in [0.2, 0.25) is 0 Å². The molecule has 0 heterocycles. The second-order valence-electron chi connectivity index (χ2n) is 4.05. The second-order valence-corrected chi connectivity index (χ2v) is 4.98. The molecule has 0 nitrogen and oxygen atoms in total. The molecule has 0 spiro atoms. The lowest BCUT2D eigenvalue weighted by molar-refractivity contribution is 0.506. The molecule has 0 radical (unpaired) electrons. The number of benzene rings is 2. The van der Waals surface area contributed by atoms with Crippen LogP contribution in [0.2, 0.25) is 5.02 Å². The van der Waals surface area contributed by atoms with Crippen LogP contribution in [0.25, 0.3) is 0 Å². The van der Waals surface area contributed by atoms with E-state index in [2.05, 4.69) is 0 Å². The third kappa shape index (κ3) is 3.23. The van der Waals surface area contributed by atoms with E-state index in [0.717, 1.165) is 12.1 Å². The fourth-order valence-electron chi connectivity index (χ4n) is 1.73. The molecule has 19 heavy (non-hydrogen) atoms. The molecule has 5 heteroatoms. The standard InChI is InChI=1S/C14H9Cl2F3/c15-10-2-1-3-12(17)9(10)7-11(16)8-4-5-13(18)14(19)6-8/h1-6,11H,7H2. The van der Waals surface area contributed by atoms with Gasteiger partial charge in [-0.15, -0.1) is 11.6 Å². The van der Waals surface area contributed by atoms with Crippen LogP contribution in [0, 0.1) is 17.5 Å². The van der Waals surface area contributed by atoms with E-state index < -0.39 is 22.8 Å². The van der Waals surface area contributed by atoms with Gasteiger partial charge in [-0.3, -0.25) is 0 Å². The Kier molecular flexibility index (Phi) is 4.38. The maximum atomic E-state index is 13.6. The maximum Gasteiger partial charge on any atom is 0.159 e. The topological polar surface area (TPSA) is 0 Å². The molecule has 0 N–H and O–H groups in total. The Hall–Kier alpha value is -1.19. The van der Waals surface area contributed by atoms with Gasteiger partial charge in [-0.25, -0.2) is 13.2 Å². The molecule has 0 saturated heterocycles. The molecule has 2 rings (SSSR count). The first-order valence-electron chi connectivity index (χ1n) is 5.51. The minimum atomic E-state index is -0.984. The third-order valence-corrected chi connectivity index (χ3v) is 3.51. The predicted molar refractivity (Wildman–Crippen MR) is 70.1 cm³/mol. The SMILES string of the molecule is Fc1ccc(C(Cl)Cc2c(F)cccc2Cl)cc1F. The van der Waals surface area contributed by atoms with Crippen molar-refractivity contribution in [3.05, 3.63) is 70.0 Å². The van der Waals surface area contributed by atoms with E-state index in [-0.39, 0.29) is 17.0 Å². The Balaban J connectivity index is 2.25. The molecule has 0 amide bonds. The van der Waals surface area contributed by atoms with Gasteiger partial charge in [0.1, 0.15) is 5.82 Å². The zero-order valence-electron chi connectivity index (χ0n) is 9.64. The van der Waals surface area contributed by atoms with E-state index in [9.17, 15) is 13.2 Å². The molecule has 100 valence electrons. The summed E-state index contributed by atoms with van der Waals surface area (Å²) in [5, 5.41) is -0.433. The van der Waals surface area contributed by atoms with E-state index in [1.807, 2.05) is 0 Å². The lowest BCUT2D eigenvalue weighted by Gasteiger charge is -2.12. The number of rotatable bonds is 3. The minimum absolute atomic E-state index is 0.0954. The Bertz CT molecular complexity index is 579. The van der Waals surface area contributed by atoms with Crippen molar-refractivity contribution in [2.45, 2.75) is 11.8 Å². The van der Waals surface area contributed by atoms with Gasteiger partial charge >= 0.3 is 0 Å². The number of hydrogen-bond donors (Lipinski definition) is 0. The van der Waals surface area contributed by atoms with Gasteiger partial charge in [0, 0.05) is 10.6 Å². The monoisotopic (exact) mass is 304 g/mol. The molecule has 1 unspecified atom stereocenters. The van der Waals surface area contributed by atoms with Gasteiger partial charge in [-0.2, -0.15) is 0 Å². The lowest BCUT2D eigenvalue weighted by atomic mass is 10.0. The van der Waals surface area contributed by atoms with Crippen molar-refractivity contribution < 1.29 is 13.2 Å². The first kappa shape index (κ1) is 14.2. The van der Waals surface area contributed by atoms with E-state index in [1.54, 1.807) is 6.07 Å². The Morgan fingerprint density at radius 3 is 2.32 bits per heavy atom. The van der Waals surface area contributed by atoms with Gasteiger partial charge in [-0.05, 0) is 36.2 Å². The smallest absolute Gasteiger partial charge is 0.159 e. The highest BCUT2D eigenvalue weighted by molar-refractivity contribution is 6.31. The van der Waals surface area contributed by atoms with Crippen LogP contribution >= 0.6 is 23.2 Å². The zero-order chi connectivity index (χ0) is 14.0. The Morgan fingerprint density at radius 1 is 0.947 bits per heavy atom. The number of alkyl halides is 1. The summed E-state index contributed by atoms with van der Waals surface area (Å²) >= 11 is 12.0. The predicted octanol–water partition coefficient (Wildman–Crippen LogP) is 5.28. The summed E-state index contributed by atoms with van der Waals surface area (Å²) < 4.78 is 39.5. The van der Waals surface area contributed by atoms with Gasteiger partial charge < -0.3 is 0 Å². The average molecular weight is 305 g/mol. The molecule has 0 fully saturated rings. The van der Waals surface area contributed by atoms with Crippen molar-refractivity contribution in [1.82, 2.24) is 0 Å². The largest absolute Gasteiger partial charge is 0.207 e. The number of hydrogen-bond acceptors (Lipinski definition) is 0. The van der Waals surface area contributed by atoms with Crippen LogP contribution in [0.3, 0.4) is 0 Å². The molecule has 0 bridgehead atoms. The first-order valence-corrected chi connectivity index (χ1v) is 6.32. The maximum absolute atomic E-state index is 13.6.